The van der Waals surface area contributed by atoms with Crippen molar-refractivity contribution in [2.75, 3.05) is 12.3 Å². The van der Waals surface area contributed by atoms with Crippen LogP contribution in [0.3, 0.4) is 0 Å². The molecule has 0 radical (unpaired) electrons. The van der Waals surface area contributed by atoms with Gasteiger partial charge < -0.3 is 11.1 Å². The molecule has 1 aromatic rings. The summed E-state index contributed by atoms with van der Waals surface area (Å²) in [5.74, 6) is 1.34. The Kier molecular flexibility index (Phi) is 5.39. The minimum absolute atomic E-state index is 0.184. The van der Waals surface area contributed by atoms with Crippen molar-refractivity contribution < 1.29 is 4.79 Å². The van der Waals surface area contributed by atoms with Crippen molar-refractivity contribution in [1.29, 1.82) is 0 Å². The average Bonchev–Trinajstić information content (AvgIpc) is 2.69. The summed E-state index contributed by atoms with van der Waals surface area (Å²) < 4.78 is 1.67. The van der Waals surface area contributed by atoms with Gasteiger partial charge in [0.2, 0.25) is 0 Å². The number of aromatic nitrogens is 2. The van der Waals surface area contributed by atoms with Crippen LogP contribution in [0.25, 0.3) is 0 Å². The molecular weight excluding hydrogens is 240 g/mol. The summed E-state index contributed by atoms with van der Waals surface area (Å²) in [6.07, 6.45) is 1.69. The smallest absolute Gasteiger partial charge is 0.273 e. The third-order valence-corrected chi connectivity index (χ3v) is 3.54. The van der Waals surface area contributed by atoms with Crippen LogP contribution in [0.5, 0.6) is 0 Å². The van der Waals surface area contributed by atoms with E-state index in [0.29, 0.717) is 42.2 Å². The minimum Gasteiger partial charge on any atom is -0.396 e. The third kappa shape index (κ3) is 3.98. The maximum atomic E-state index is 12.1. The fourth-order valence-electron chi connectivity index (χ4n) is 2.31. The van der Waals surface area contributed by atoms with Crippen LogP contribution in [-0.4, -0.2) is 22.2 Å². The third-order valence-electron chi connectivity index (χ3n) is 3.54. The average molecular weight is 266 g/mol. The van der Waals surface area contributed by atoms with Crippen molar-refractivity contribution in [2.45, 2.75) is 41.2 Å². The SMILES string of the molecule is CCn1cc(N)c(C(=O)NCC(C(C)C)C(C)C)n1. The zero-order chi connectivity index (χ0) is 14.6. The molecule has 0 fully saturated rings. The summed E-state index contributed by atoms with van der Waals surface area (Å²) in [7, 11) is 0. The first-order valence-corrected chi connectivity index (χ1v) is 6.97. The zero-order valence-corrected chi connectivity index (χ0v) is 12.6. The molecule has 1 heterocycles. The highest BCUT2D eigenvalue weighted by molar-refractivity contribution is 5.96. The second-order valence-electron chi connectivity index (χ2n) is 5.65. The van der Waals surface area contributed by atoms with Gasteiger partial charge in [0, 0.05) is 19.3 Å². The van der Waals surface area contributed by atoms with E-state index in [2.05, 4.69) is 38.1 Å². The number of aryl methyl sites for hydroxylation is 1. The molecule has 0 spiro atoms. The molecular formula is C14H26N4O. The number of hydrogen-bond acceptors (Lipinski definition) is 3. The highest BCUT2D eigenvalue weighted by Crippen LogP contribution is 2.19. The number of amides is 1. The topological polar surface area (TPSA) is 72.9 Å². The van der Waals surface area contributed by atoms with Crippen LogP contribution in [0.15, 0.2) is 6.20 Å². The van der Waals surface area contributed by atoms with Gasteiger partial charge in [-0.15, -0.1) is 0 Å². The minimum atomic E-state index is -0.184. The van der Waals surface area contributed by atoms with E-state index in [1.54, 1.807) is 10.9 Å². The van der Waals surface area contributed by atoms with E-state index in [4.69, 9.17) is 5.73 Å². The highest BCUT2D eigenvalue weighted by Gasteiger charge is 2.20. The number of carbonyl (C=O) groups excluding carboxylic acids is 1. The van der Waals surface area contributed by atoms with Crippen molar-refractivity contribution in [3.63, 3.8) is 0 Å². The van der Waals surface area contributed by atoms with E-state index in [9.17, 15) is 4.79 Å². The lowest BCUT2D eigenvalue weighted by atomic mass is 9.85. The van der Waals surface area contributed by atoms with Gasteiger partial charge in [0.15, 0.2) is 5.69 Å². The number of nitrogen functional groups attached to an aromatic ring is 1. The maximum absolute atomic E-state index is 12.1. The van der Waals surface area contributed by atoms with Crippen molar-refractivity contribution in [3.05, 3.63) is 11.9 Å². The predicted molar refractivity (Wildman–Crippen MR) is 77.8 cm³/mol. The van der Waals surface area contributed by atoms with Gasteiger partial charge in [0.1, 0.15) is 0 Å². The first-order valence-electron chi connectivity index (χ1n) is 6.97. The predicted octanol–water partition coefficient (Wildman–Crippen LogP) is 2.14. The normalized spacial score (nSPS) is 11.6. The molecule has 5 heteroatoms. The zero-order valence-electron chi connectivity index (χ0n) is 12.6. The molecule has 19 heavy (non-hydrogen) atoms. The van der Waals surface area contributed by atoms with Crippen LogP contribution in [0.4, 0.5) is 5.69 Å². The second kappa shape index (κ2) is 6.59. The van der Waals surface area contributed by atoms with Gasteiger partial charge in [-0.05, 0) is 24.7 Å². The maximum Gasteiger partial charge on any atom is 0.273 e. The largest absolute Gasteiger partial charge is 0.396 e. The summed E-state index contributed by atoms with van der Waals surface area (Å²) in [5.41, 5.74) is 6.56. The summed E-state index contributed by atoms with van der Waals surface area (Å²) in [5, 5.41) is 7.12. The summed E-state index contributed by atoms with van der Waals surface area (Å²) in [4.78, 5) is 12.1. The van der Waals surface area contributed by atoms with E-state index in [1.165, 1.54) is 0 Å². The van der Waals surface area contributed by atoms with Crippen LogP contribution >= 0.6 is 0 Å². The first-order chi connectivity index (χ1) is 8.86. The Morgan fingerprint density at radius 3 is 2.37 bits per heavy atom. The van der Waals surface area contributed by atoms with E-state index < -0.39 is 0 Å². The van der Waals surface area contributed by atoms with Crippen molar-refractivity contribution >= 4 is 11.6 Å². The molecule has 1 aromatic heterocycles. The van der Waals surface area contributed by atoms with Gasteiger partial charge in [-0.25, -0.2) is 0 Å². The van der Waals surface area contributed by atoms with Gasteiger partial charge >= 0.3 is 0 Å². The Morgan fingerprint density at radius 1 is 1.37 bits per heavy atom. The number of rotatable bonds is 6. The lowest BCUT2D eigenvalue weighted by Crippen LogP contribution is -2.34. The van der Waals surface area contributed by atoms with Gasteiger partial charge in [-0.2, -0.15) is 5.10 Å². The van der Waals surface area contributed by atoms with Crippen molar-refractivity contribution in [3.8, 4) is 0 Å². The van der Waals surface area contributed by atoms with Gasteiger partial charge in [-0.1, -0.05) is 27.7 Å². The first kappa shape index (κ1) is 15.5. The number of nitrogens with two attached hydrogens (primary N) is 1. The van der Waals surface area contributed by atoms with Crippen LogP contribution in [0.2, 0.25) is 0 Å². The van der Waals surface area contributed by atoms with Crippen LogP contribution in [0.1, 0.15) is 45.1 Å². The standard InChI is InChI=1S/C14H26N4O/c1-6-18-8-12(15)13(17-18)14(19)16-7-11(9(2)3)10(4)5/h8-11H,6-7,15H2,1-5H3,(H,16,19). The number of carbonyl (C=O) groups is 1. The summed E-state index contributed by atoms with van der Waals surface area (Å²) >= 11 is 0. The van der Waals surface area contributed by atoms with E-state index in [-0.39, 0.29) is 5.91 Å². The molecule has 0 aliphatic rings. The second-order valence-corrected chi connectivity index (χ2v) is 5.65. The Morgan fingerprint density at radius 2 is 1.95 bits per heavy atom. The van der Waals surface area contributed by atoms with Crippen LogP contribution < -0.4 is 11.1 Å². The molecule has 0 saturated carbocycles. The number of nitrogens with zero attached hydrogens (tertiary/aromatic N) is 2. The van der Waals surface area contributed by atoms with Crippen LogP contribution in [-0.2, 0) is 6.54 Å². The van der Waals surface area contributed by atoms with E-state index in [1.807, 2.05) is 6.92 Å². The Bertz CT molecular complexity index is 415. The lowest BCUT2D eigenvalue weighted by molar-refractivity contribution is 0.0932. The lowest BCUT2D eigenvalue weighted by Gasteiger charge is -2.24. The molecule has 0 aliphatic carbocycles. The molecule has 0 saturated heterocycles. The molecule has 0 unspecified atom stereocenters. The molecule has 0 aliphatic heterocycles. The molecule has 5 nitrogen and oxygen atoms in total. The van der Waals surface area contributed by atoms with Crippen LogP contribution in [0, 0.1) is 17.8 Å². The Labute approximate surface area is 115 Å². The molecule has 0 bridgehead atoms. The molecule has 0 aromatic carbocycles. The fourth-order valence-corrected chi connectivity index (χ4v) is 2.31. The molecule has 1 amide bonds. The number of nitrogens with one attached hydrogen (secondary N) is 1. The quantitative estimate of drug-likeness (QED) is 0.828. The molecule has 3 N–H and O–H groups in total. The number of anilines is 1. The summed E-state index contributed by atoms with van der Waals surface area (Å²) in [6, 6.07) is 0. The van der Waals surface area contributed by atoms with E-state index in [0.717, 1.165) is 0 Å². The number of hydrogen-bond donors (Lipinski definition) is 2. The summed E-state index contributed by atoms with van der Waals surface area (Å²) in [6.45, 7) is 12.0. The van der Waals surface area contributed by atoms with Gasteiger partial charge in [0.25, 0.3) is 5.91 Å². The fraction of sp³-hybridized carbons (Fsp3) is 0.714. The van der Waals surface area contributed by atoms with Gasteiger partial charge in [-0.3, -0.25) is 9.48 Å². The molecule has 108 valence electrons. The van der Waals surface area contributed by atoms with Crippen molar-refractivity contribution in [2.24, 2.45) is 17.8 Å². The van der Waals surface area contributed by atoms with Gasteiger partial charge in [0.05, 0.1) is 5.69 Å². The van der Waals surface area contributed by atoms with E-state index >= 15 is 0 Å². The monoisotopic (exact) mass is 266 g/mol. The highest BCUT2D eigenvalue weighted by atomic mass is 16.2. The Hall–Kier alpha value is -1.52. The van der Waals surface area contributed by atoms with Crippen molar-refractivity contribution in [1.82, 2.24) is 15.1 Å². The molecule has 0 atom stereocenters. The Balaban J connectivity index is 2.66. The molecule has 1 rings (SSSR count).